The maximum Gasteiger partial charge on any atom is 0.262 e. The topological polar surface area (TPSA) is 101 Å². The lowest BCUT2D eigenvalue weighted by Gasteiger charge is -2.13. The van der Waals surface area contributed by atoms with Crippen LogP contribution >= 0.6 is 11.6 Å². The average Bonchev–Trinajstić information content (AvgIpc) is 2.59. The first-order valence-corrected chi connectivity index (χ1v) is 9.96. The van der Waals surface area contributed by atoms with Gasteiger partial charge in [0.1, 0.15) is 0 Å². The van der Waals surface area contributed by atoms with Gasteiger partial charge >= 0.3 is 0 Å². The molecule has 8 heteroatoms. The van der Waals surface area contributed by atoms with Gasteiger partial charge in [-0.25, -0.2) is 8.42 Å². The first-order valence-electron chi connectivity index (χ1n) is 8.10. The van der Waals surface area contributed by atoms with Gasteiger partial charge in [0.05, 0.1) is 10.6 Å². The maximum atomic E-state index is 12.7. The zero-order valence-electron chi connectivity index (χ0n) is 14.6. The van der Waals surface area contributed by atoms with Crippen LogP contribution in [0.2, 0.25) is 5.02 Å². The van der Waals surface area contributed by atoms with Crippen LogP contribution < -0.4 is 15.8 Å². The molecule has 0 spiro atoms. The number of hydrogen-bond acceptors (Lipinski definition) is 4. The number of rotatable bonds is 7. The number of nitrogens with one attached hydrogen (secondary N) is 2. The summed E-state index contributed by atoms with van der Waals surface area (Å²) in [6, 6.07) is 11.0. The average molecular weight is 396 g/mol. The SMILES string of the molecule is Cc1ccc(C(=O)NCC(C)CN)cc1S(=O)(=O)Nc1cccc(Cl)c1. The lowest BCUT2D eigenvalue weighted by Crippen LogP contribution is -2.31. The summed E-state index contributed by atoms with van der Waals surface area (Å²) >= 11 is 5.89. The third kappa shape index (κ3) is 5.20. The van der Waals surface area contributed by atoms with Crippen LogP contribution in [0.15, 0.2) is 47.4 Å². The molecule has 1 unspecified atom stereocenters. The van der Waals surface area contributed by atoms with Gasteiger partial charge < -0.3 is 11.1 Å². The molecule has 0 aliphatic rings. The number of benzene rings is 2. The van der Waals surface area contributed by atoms with Crippen LogP contribution in [0.3, 0.4) is 0 Å². The molecule has 1 amide bonds. The Morgan fingerprint density at radius 3 is 2.62 bits per heavy atom. The van der Waals surface area contributed by atoms with Crippen molar-refractivity contribution >= 4 is 33.2 Å². The summed E-state index contributed by atoms with van der Waals surface area (Å²) in [5, 5.41) is 3.17. The van der Waals surface area contributed by atoms with Gasteiger partial charge in [-0.05, 0) is 55.3 Å². The molecule has 0 aliphatic heterocycles. The Morgan fingerprint density at radius 2 is 1.96 bits per heavy atom. The van der Waals surface area contributed by atoms with Gasteiger partial charge in [-0.3, -0.25) is 9.52 Å². The fourth-order valence-electron chi connectivity index (χ4n) is 2.25. The third-order valence-electron chi connectivity index (χ3n) is 3.83. The molecule has 6 nitrogen and oxygen atoms in total. The van der Waals surface area contributed by atoms with Crippen LogP contribution in [-0.4, -0.2) is 27.4 Å². The number of carbonyl (C=O) groups is 1. The zero-order valence-corrected chi connectivity index (χ0v) is 16.2. The molecule has 0 aromatic heterocycles. The van der Waals surface area contributed by atoms with E-state index in [1.165, 1.54) is 12.1 Å². The second-order valence-corrected chi connectivity index (χ2v) is 8.23. The number of anilines is 1. The summed E-state index contributed by atoms with van der Waals surface area (Å²) in [4.78, 5) is 12.3. The first-order chi connectivity index (χ1) is 12.2. The fraction of sp³-hybridized carbons (Fsp3) is 0.278. The van der Waals surface area contributed by atoms with Crippen molar-refractivity contribution < 1.29 is 13.2 Å². The van der Waals surface area contributed by atoms with Crippen molar-refractivity contribution in [2.24, 2.45) is 11.7 Å². The molecule has 0 bridgehead atoms. The Hall–Kier alpha value is -2.09. The molecule has 2 aromatic carbocycles. The van der Waals surface area contributed by atoms with Crippen LogP contribution in [0.25, 0.3) is 0 Å². The van der Waals surface area contributed by atoms with Gasteiger partial charge in [0.25, 0.3) is 15.9 Å². The van der Waals surface area contributed by atoms with E-state index in [9.17, 15) is 13.2 Å². The number of aryl methyl sites for hydroxylation is 1. The van der Waals surface area contributed by atoms with E-state index in [1.807, 2.05) is 6.92 Å². The van der Waals surface area contributed by atoms with Gasteiger partial charge in [0.2, 0.25) is 0 Å². The molecule has 2 aromatic rings. The summed E-state index contributed by atoms with van der Waals surface area (Å²) in [7, 11) is -3.86. The molecule has 2 rings (SSSR count). The molecule has 0 fully saturated rings. The first kappa shape index (κ1) is 20.2. The Morgan fingerprint density at radius 1 is 1.23 bits per heavy atom. The van der Waals surface area contributed by atoms with E-state index in [0.29, 0.717) is 29.4 Å². The van der Waals surface area contributed by atoms with Crippen LogP contribution in [0, 0.1) is 12.8 Å². The highest BCUT2D eigenvalue weighted by atomic mass is 35.5. The van der Waals surface area contributed by atoms with Crippen molar-refractivity contribution in [2.45, 2.75) is 18.7 Å². The quantitative estimate of drug-likeness (QED) is 0.670. The minimum absolute atomic E-state index is 0.0389. The monoisotopic (exact) mass is 395 g/mol. The maximum absolute atomic E-state index is 12.7. The van der Waals surface area contributed by atoms with Crippen molar-refractivity contribution in [1.82, 2.24) is 5.32 Å². The summed E-state index contributed by atoms with van der Waals surface area (Å²) in [6.45, 7) is 4.47. The largest absolute Gasteiger partial charge is 0.352 e. The number of nitrogens with two attached hydrogens (primary N) is 1. The molecular formula is C18H22ClN3O3S. The summed E-state index contributed by atoms with van der Waals surface area (Å²) in [5.74, 6) is -0.207. The van der Waals surface area contributed by atoms with E-state index in [1.54, 1.807) is 37.3 Å². The number of sulfonamides is 1. The normalized spacial score (nSPS) is 12.5. The van der Waals surface area contributed by atoms with E-state index in [0.717, 1.165) is 0 Å². The number of amides is 1. The van der Waals surface area contributed by atoms with Crippen molar-refractivity contribution in [3.63, 3.8) is 0 Å². The van der Waals surface area contributed by atoms with E-state index in [2.05, 4.69) is 10.0 Å². The van der Waals surface area contributed by atoms with Crippen molar-refractivity contribution in [1.29, 1.82) is 0 Å². The third-order valence-corrected chi connectivity index (χ3v) is 5.59. The van der Waals surface area contributed by atoms with Gasteiger partial charge in [-0.15, -0.1) is 0 Å². The standard InChI is InChI=1S/C18H22ClN3O3S/c1-12(10-20)11-21-18(23)14-7-6-13(2)17(8-14)26(24,25)22-16-5-3-4-15(19)9-16/h3-9,12,22H,10-11,20H2,1-2H3,(H,21,23). The molecule has 0 radical (unpaired) electrons. The van der Waals surface area contributed by atoms with Gasteiger partial charge in [0.15, 0.2) is 0 Å². The van der Waals surface area contributed by atoms with Gasteiger partial charge in [0, 0.05) is 17.1 Å². The highest BCUT2D eigenvalue weighted by molar-refractivity contribution is 7.92. The molecule has 0 heterocycles. The molecule has 140 valence electrons. The number of halogens is 1. The minimum atomic E-state index is -3.86. The highest BCUT2D eigenvalue weighted by Gasteiger charge is 2.19. The Kier molecular flexibility index (Phi) is 6.63. The highest BCUT2D eigenvalue weighted by Crippen LogP contribution is 2.22. The van der Waals surface area contributed by atoms with Crippen LogP contribution in [-0.2, 0) is 10.0 Å². The number of carbonyl (C=O) groups excluding carboxylic acids is 1. The van der Waals surface area contributed by atoms with E-state index in [-0.39, 0.29) is 22.3 Å². The lowest BCUT2D eigenvalue weighted by molar-refractivity contribution is 0.0948. The molecule has 0 saturated heterocycles. The zero-order chi connectivity index (χ0) is 19.3. The lowest BCUT2D eigenvalue weighted by atomic mass is 10.1. The second kappa shape index (κ2) is 8.53. The molecule has 26 heavy (non-hydrogen) atoms. The van der Waals surface area contributed by atoms with Crippen molar-refractivity contribution in [3.8, 4) is 0 Å². The predicted molar refractivity (Wildman–Crippen MR) is 104 cm³/mol. The second-order valence-electron chi connectivity index (χ2n) is 6.15. The molecule has 1 atom stereocenters. The van der Waals surface area contributed by atoms with Gasteiger partial charge in [-0.2, -0.15) is 0 Å². The van der Waals surface area contributed by atoms with Gasteiger partial charge in [-0.1, -0.05) is 30.7 Å². The molecule has 0 aliphatic carbocycles. The van der Waals surface area contributed by atoms with Crippen LogP contribution in [0.4, 0.5) is 5.69 Å². The van der Waals surface area contributed by atoms with E-state index in [4.69, 9.17) is 17.3 Å². The Bertz CT molecular complexity index is 900. The summed E-state index contributed by atoms with van der Waals surface area (Å²) < 4.78 is 27.9. The van der Waals surface area contributed by atoms with Crippen molar-refractivity contribution in [3.05, 3.63) is 58.6 Å². The minimum Gasteiger partial charge on any atom is -0.352 e. The molecule has 4 N–H and O–H groups in total. The van der Waals surface area contributed by atoms with E-state index < -0.39 is 10.0 Å². The smallest absolute Gasteiger partial charge is 0.262 e. The fourth-order valence-corrected chi connectivity index (χ4v) is 3.76. The van der Waals surface area contributed by atoms with Crippen LogP contribution in [0.1, 0.15) is 22.8 Å². The van der Waals surface area contributed by atoms with Crippen LogP contribution in [0.5, 0.6) is 0 Å². The number of hydrogen-bond donors (Lipinski definition) is 3. The van der Waals surface area contributed by atoms with Crippen molar-refractivity contribution in [2.75, 3.05) is 17.8 Å². The van der Waals surface area contributed by atoms with E-state index >= 15 is 0 Å². The summed E-state index contributed by atoms with van der Waals surface area (Å²) in [6.07, 6.45) is 0. The predicted octanol–water partition coefficient (Wildman–Crippen LogP) is 2.77. The Labute approximate surface area is 158 Å². The molecular weight excluding hydrogens is 374 g/mol. The Balaban J connectivity index is 2.26. The molecule has 0 saturated carbocycles. The summed E-state index contributed by atoms with van der Waals surface area (Å²) in [5.41, 5.74) is 6.69.